The van der Waals surface area contributed by atoms with Crippen molar-refractivity contribution in [3.8, 4) is 5.75 Å². The van der Waals surface area contributed by atoms with E-state index in [1.165, 1.54) is 0 Å². The minimum atomic E-state index is -0.00986. The van der Waals surface area contributed by atoms with Gasteiger partial charge in [-0.25, -0.2) is 0 Å². The van der Waals surface area contributed by atoms with Gasteiger partial charge in [0.1, 0.15) is 5.75 Å². The highest BCUT2D eigenvalue weighted by Gasteiger charge is 2.22. The zero-order chi connectivity index (χ0) is 11.5. The SMILES string of the molecule is COc1ccc(Cl)cc1C(=O)N1CCSC1. The lowest BCUT2D eigenvalue weighted by molar-refractivity contribution is 0.0799. The molecule has 3 nitrogen and oxygen atoms in total. The van der Waals surface area contributed by atoms with E-state index in [0.717, 1.165) is 18.2 Å². The molecule has 1 aromatic carbocycles. The molecule has 1 aromatic rings. The third-order valence-electron chi connectivity index (χ3n) is 2.43. The molecule has 0 bridgehead atoms. The number of carbonyl (C=O) groups excluding carboxylic acids is 1. The van der Waals surface area contributed by atoms with Crippen LogP contribution in [-0.2, 0) is 0 Å². The third-order valence-corrected chi connectivity index (χ3v) is 3.63. The number of methoxy groups -OCH3 is 1. The minimum absolute atomic E-state index is 0.00986. The van der Waals surface area contributed by atoms with Crippen LogP contribution in [0.3, 0.4) is 0 Å². The highest BCUT2D eigenvalue weighted by atomic mass is 35.5. The van der Waals surface area contributed by atoms with Crippen LogP contribution >= 0.6 is 23.4 Å². The summed E-state index contributed by atoms with van der Waals surface area (Å²) in [6.45, 7) is 0.791. The molecule has 1 aliphatic heterocycles. The van der Waals surface area contributed by atoms with E-state index in [1.54, 1.807) is 42.0 Å². The van der Waals surface area contributed by atoms with Crippen molar-refractivity contribution in [2.75, 3.05) is 25.3 Å². The molecule has 0 unspecified atom stereocenters. The largest absolute Gasteiger partial charge is 0.496 e. The van der Waals surface area contributed by atoms with E-state index in [1.807, 2.05) is 0 Å². The first-order valence-electron chi connectivity index (χ1n) is 4.93. The number of hydrogen-bond donors (Lipinski definition) is 0. The number of hydrogen-bond acceptors (Lipinski definition) is 3. The van der Waals surface area contributed by atoms with Crippen molar-refractivity contribution in [3.05, 3.63) is 28.8 Å². The fourth-order valence-electron chi connectivity index (χ4n) is 1.59. The Morgan fingerprint density at radius 3 is 3.00 bits per heavy atom. The van der Waals surface area contributed by atoms with Crippen molar-refractivity contribution < 1.29 is 9.53 Å². The quantitative estimate of drug-likeness (QED) is 0.815. The Kier molecular flexibility index (Phi) is 3.61. The van der Waals surface area contributed by atoms with E-state index in [9.17, 15) is 4.79 Å². The van der Waals surface area contributed by atoms with Gasteiger partial charge in [0, 0.05) is 17.3 Å². The molecular weight excluding hydrogens is 246 g/mol. The molecule has 1 fully saturated rings. The Morgan fingerprint density at radius 1 is 1.56 bits per heavy atom. The van der Waals surface area contributed by atoms with E-state index in [-0.39, 0.29) is 5.91 Å². The van der Waals surface area contributed by atoms with Crippen molar-refractivity contribution in [3.63, 3.8) is 0 Å². The Balaban J connectivity index is 2.30. The Labute approximate surface area is 104 Å². The Morgan fingerprint density at radius 2 is 2.38 bits per heavy atom. The van der Waals surface area contributed by atoms with Gasteiger partial charge in [0.25, 0.3) is 5.91 Å². The second kappa shape index (κ2) is 4.97. The summed E-state index contributed by atoms with van der Waals surface area (Å²) in [7, 11) is 1.55. The monoisotopic (exact) mass is 257 g/mol. The van der Waals surface area contributed by atoms with Crippen molar-refractivity contribution in [1.29, 1.82) is 0 Å². The molecular formula is C11H12ClNO2S. The molecule has 1 heterocycles. The van der Waals surface area contributed by atoms with Crippen LogP contribution in [0.25, 0.3) is 0 Å². The van der Waals surface area contributed by atoms with Crippen molar-refractivity contribution >= 4 is 29.3 Å². The predicted octanol–water partition coefficient (Wildman–Crippen LogP) is 2.50. The maximum absolute atomic E-state index is 12.2. The molecule has 86 valence electrons. The average molecular weight is 258 g/mol. The second-order valence-corrected chi connectivity index (χ2v) is 4.96. The Bertz CT molecular complexity index is 405. The van der Waals surface area contributed by atoms with Crippen molar-refractivity contribution in [2.24, 2.45) is 0 Å². The van der Waals surface area contributed by atoms with Gasteiger partial charge in [-0.3, -0.25) is 4.79 Å². The van der Waals surface area contributed by atoms with Crippen LogP contribution in [0.15, 0.2) is 18.2 Å². The van der Waals surface area contributed by atoms with Gasteiger partial charge in [0.05, 0.1) is 18.6 Å². The first kappa shape index (κ1) is 11.6. The van der Waals surface area contributed by atoms with E-state index >= 15 is 0 Å². The van der Waals surface area contributed by atoms with Gasteiger partial charge in [0.2, 0.25) is 0 Å². The van der Waals surface area contributed by atoms with E-state index in [2.05, 4.69) is 0 Å². The van der Waals surface area contributed by atoms with Gasteiger partial charge >= 0.3 is 0 Å². The molecule has 0 saturated carbocycles. The van der Waals surface area contributed by atoms with Gasteiger partial charge in [0.15, 0.2) is 0 Å². The molecule has 1 amide bonds. The predicted molar refractivity (Wildman–Crippen MR) is 66.4 cm³/mol. The first-order chi connectivity index (χ1) is 7.72. The summed E-state index contributed by atoms with van der Waals surface area (Å²) in [4.78, 5) is 14.0. The summed E-state index contributed by atoms with van der Waals surface area (Å²) < 4.78 is 5.17. The zero-order valence-corrected chi connectivity index (χ0v) is 10.5. The number of thioether (sulfide) groups is 1. The van der Waals surface area contributed by atoms with Gasteiger partial charge in [-0.1, -0.05) is 11.6 Å². The van der Waals surface area contributed by atoms with E-state index in [4.69, 9.17) is 16.3 Å². The molecule has 0 spiro atoms. The Hall–Kier alpha value is -0.870. The molecule has 0 radical (unpaired) electrons. The van der Waals surface area contributed by atoms with Crippen molar-refractivity contribution in [1.82, 2.24) is 4.90 Å². The molecule has 0 aliphatic carbocycles. The van der Waals surface area contributed by atoms with Crippen LogP contribution in [0, 0.1) is 0 Å². The lowest BCUT2D eigenvalue weighted by atomic mass is 10.2. The molecule has 5 heteroatoms. The molecule has 16 heavy (non-hydrogen) atoms. The van der Waals surface area contributed by atoms with Gasteiger partial charge in [-0.05, 0) is 18.2 Å². The molecule has 1 aliphatic rings. The number of carbonyl (C=O) groups is 1. The molecule has 0 aromatic heterocycles. The van der Waals surface area contributed by atoms with Gasteiger partial charge < -0.3 is 9.64 Å². The summed E-state index contributed by atoms with van der Waals surface area (Å²) in [5.41, 5.74) is 0.539. The molecule has 2 rings (SSSR count). The van der Waals surface area contributed by atoms with Gasteiger partial charge in [-0.15, -0.1) is 11.8 Å². The fourth-order valence-corrected chi connectivity index (χ4v) is 2.71. The van der Waals surface area contributed by atoms with E-state index < -0.39 is 0 Å². The summed E-state index contributed by atoms with van der Waals surface area (Å²) >= 11 is 7.65. The summed E-state index contributed by atoms with van der Waals surface area (Å²) in [6.07, 6.45) is 0. The first-order valence-corrected chi connectivity index (χ1v) is 6.46. The highest BCUT2D eigenvalue weighted by molar-refractivity contribution is 7.99. The lowest BCUT2D eigenvalue weighted by Crippen LogP contribution is -2.28. The number of halogens is 1. The number of ether oxygens (including phenoxy) is 1. The van der Waals surface area contributed by atoms with Crippen molar-refractivity contribution in [2.45, 2.75) is 0 Å². The number of amides is 1. The van der Waals surface area contributed by atoms with Crippen LogP contribution < -0.4 is 4.74 Å². The summed E-state index contributed by atoms with van der Waals surface area (Å²) in [5.74, 6) is 2.30. The lowest BCUT2D eigenvalue weighted by Gasteiger charge is -2.16. The summed E-state index contributed by atoms with van der Waals surface area (Å²) in [6, 6.07) is 5.10. The van der Waals surface area contributed by atoms with Crippen LogP contribution in [0.1, 0.15) is 10.4 Å². The van der Waals surface area contributed by atoms with Crippen LogP contribution in [0.4, 0.5) is 0 Å². The molecule has 0 N–H and O–H groups in total. The molecule has 0 atom stereocenters. The normalized spacial score (nSPS) is 15.2. The highest BCUT2D eigenvalue weighted by Crippen LogP contribution is 2.26. The van der Waals surface area contributed by atoms with Crippen LogP contribution in [0.2, 0.25) is 5.02 Å². The topological polar surface area (TPSA) is 29.5 Å². The smallest absolute Gasteiger partial charge is 0.258 e. The fraction of sp³-hybridized carbons (Fsp3) is 0.364. The van der Waals surface area contributed by atoms with Crippen LogP contribution in [0.5, 0.6) is 5.75 Å². The maximum atomic E-state index is 12.2. The molecule has 1 saturated heterocycles. The number of nitrogens with zero attached hydrogens (tertiary/aromatic N) is 1. The standard InChI is InChI=1S/C11H12ClNO2S/c1-15-10-3-2-8(12)6-9(10)11(14)13-4-5-16-7-13/h2-3,6H,4-5,7H2,1H3. The second-order valence-electron chi connectivity index (χ2n) is 3.45. The third kappa shape index (κ3) is 2.28. The summed E-state index contributed by atoms with van der Waals surface area (Å²) in [5, 5.41) is 0.552. The zero-order valence-electron chi connectivity index (χ0n) is 8.90. The van der Waals surface area contributed by atoms with Gasteiger partial charge in [-0.2, -0.15) is 0 Å². The van der Waals surface area contributed by atoms with Crippen LogP contribution in [-0.4, -0.2) is 36.1 Å². The van der Waals surface area contributed by atoms with E-state index in [0.29, 0.717) is 16.3 Å². The maximum Gasteiger partial charge on any atom is 0.258 e. The average Bonchev–Trinajstić information content (AvgIpc) is 2.81. The minimum Gasteiger partial charge on any atom is -0.496 e. The number of benzene rings is 1. The number of rotatable bonds is 2.